The summed E-state index contributed by atoms with van der Waals surface area (Å²) in [6.45, 7) is 0. The second-order valence-corrected chi connectivity index (χ2v) is 4.97. The van der Waals surface area contributed by atoms with Gasteiger partial charge in [0.2, 0.25) is 0 Å². The number of para-hydroxylation sites is 1. The van der Waals surface area contributed by atoms with Crippen molar-refractivity contribution in [3.8, 4) is 0 Å². The molecule has 1 heterocycles. The molecular weight excluding hydrogens is 226 g/mol. The van der Waals surface area contributed by atoms with Gasteiger partial charge in [0.25, 0.3) is 0 Å². The van der Waals surface area contributed by atoms with E-state index in [9.17, 15) is 4.79 Å². The summed E-state index contributed by atoms with van der Waals surface area (Å²) in [7, 11) is 0. The molecule has 1 saturated carbocycles. The Kier molecular flexibility index (Phi) is 2.74. The first-order valence-electron chi connectivity index (χ1n) is 6.32. The minimum absolute atomic E-state index is 0.191. The van der Waals surface area contributed by atoms with E-state index in [0.29, 0.717) is 5.92 Å². The van der Waals surface area contributed by atoms with E-state index in [1.54, 1.807) is 0 Å². The minimum Gasteiger partial charge on any atom is -0.481 e. The Hall–Kier alpha value is -1.90. The molecule has 2 aromatic rings. The van der Waals surface area contributed by atoms with E-state index in [1.165, 1.54) is 0 Å². The predicted molar refractivity (Wildman–Crippen MR) is 69.5 cm³/mol. The Balaban J connectivity index is 1.89. The van der Waals surface area contributed by atoms with E-state index in [0.717, 1.165) is 35.9 Å². The molecule has 0 bridgehead atoms. The van der Waals surface area contributed by atoms with Crippen LogP contribution in [0.3, 0.4) is 0 Å². The molecule has 0 amide bonds. The van der Waals surface area contributed by atoms with Crippen molar-refractivity contribution < 1.29 is 9.90 Å². The standard InChI is InChI=1S/C15H15NO2/c17-15(18)12-6-5-11(9-12)14-8-7-10-3-1-2-4-13(10)16-14/h1-4,7-8,11-12H,5-6,9H2,(H,17,18). The van der Waals surface area contributed by atoms with E-state index in [4.69, 9.17) is 5.11 Å². The first kappa shape index (κ1) is 11.2. The maximum absolute atomic E-state index is 11.0. The van der Waals surface area contributed by atoms with Crippen molar-refractivity contribution >= 4 is 16.9 Å². The van der Waals surface area contributed by atoms with Crippen LogP contribution in [0.1, 0.15) is 30.9 Å². The van der Waals surface area contributed by atoms with E-state index < -0.39 is 5.97 Å². The second-order valence-electron chi connectivity index (χ2n) is 4.97. The summed E-state index contributed by atoms with van der Waals surface area (Å²) < 4.78 is 0. The van der Waals surface area contributed by atoms with Crippen molar-refractivity contribution in [2.45, 2.75) is 25.2 Å². The number of pyridine rings is 1. The molecule has 0 saturated heterocycles. The molecule has 0 aliphatic heterocycles. The number of nitrogens with zero attached hydrogens (tertiary/aromatic N) is 1. The van der Waals surface area contributed by atoms with Gasteiger partial charge < -0.3 is 5.11 Å². The van der Waals surface area contributed by atoms with Crippen LogP contribution in [0.15, 0.2) is 36.4 Å². The summed E-state index contributed by atoms with van der Waals surface area (Å²) >= 11 is 0. The maximum atomic E-state index is 11.0. The Bertz CT molecular complexity index is 594. The number of carboxylic acid groups (broad SMARTS) is 1. The van der Waals surface area contributed by atoms with Crippen molar-refractivity contribution in [2.24, 2.45) is 5.92 Å². The average molecular weight is 241 g/mol. The summed E-state index contributed by atoms with van der Waals surface area (Å²) in [6.07, 6.45) is 2.43. The highest BCUT2D eigenvalue weighted by Gasteiger charge is 2.31. The van der Waals surface area contributed by atoms with Gasteiger partial charge in [-0.25, -0.2) is 0 Å². The Morgan fingerprint density at radius 2 is 2.00 bits per heavy atom. The number of aromatic nitrogens is 1. The van der Waals surface area contributed by atoms with Crippen LogP contribution in [0.25, 0.3) is 10.9 Å². The molecule has 1 aromatic heterocycles. The number of carbonyl (C=O) groups is 1. The fraction of sp³-hybridized carbons (Fsp3) is 0.333. The molecule has 1 aliphatic carbocycles. The van der Waals surface area contributed by atoms with Gasteiger partial charge in [0.1, 0.15) is 0 Å². The number of benzene rings is 1. The Morgan fingerprint density at radius 3 is 2.78 bits per heavy atom. The van der Waals surface area contributed by atoms with Gasteiger partial charge in [-0.3, -0.25) is 9.78 Å². The van der Waals surface area contributed by atoms with Gasteiger partial charge in [-0.15, -0.1) is 0 Å². The highest BCUT2D eigenvalue weighted by Crippen LogP contribution is 2.37. The van der Waals surface area contributed by atoms with Crippen LogP contribution in [0.5, 0.6) is 0 Å². The first-order chi connectivity index (χ1) is 8.74. The minimum atomic E-state index is -0.668. The highest BCUT2D eigenvalue weighted by molar-refractivity contribution is 5.78. The van der Waals surface area contributed by atoms with E-state index in [-0.39, 0.29) is 5.92 Å². The molecule has 1 aliphatic rings. The van der Waals surface area contributed by atoms with Gasteiger partial charge in [0, 0.05) is 17.0 Å². The van der Waals surface area contributed by atoms with Gasteiger partial charge in [-0.05, 0) is 31.4 Å². The molecule has 3 nitrogen and oxygen atoms in total. The fourth-order valence-corrected chi connectivity index (χ4v) is 2.78. The van der Waals surface area contributed by atoms with Gasteiger partial charge >= 0.3 is 5.97 Å². The largest absolute Gasteiger partial charge is 0.481 e. The van der Waals surface area contributed by atoms with Gasteiger partial charge in [0.15, 0.2) is 0 Å². The molecule has 1 N–H and O–H groups in total. The summed E-state index contributed by atoms with van der Waals surface area (Å²) in [5.74, 6) is -0.558. The number of hydrogen-bond donors (Lipinski definition) is 1. The summed E-state index contributed by atoms with van der Waals surface area (Å²) in [4.78, 5) is 15.6. The van der Waals surface area contributed by atoms with E-state index >= 15 is 0 Å². The van der Waals surface area contributed by atoms with E-state index in [1.807, 2.05) is 30.3 Å². The van der Waals surface area contributed by atoms with Crippen molar-refractivity contribution in [3.63, 3.8) is 0 Å². The molecule has 18 heavy (non-hydrogen) atoms. The van der Waals surface area contributed by atoms with Crippen molar-refractivity contribution in [1.29, 1.82) is 0 Å². The SMILES string of the molecule is O=C(O)C1CCC(c2ccc3ccccc3n2)C1. The monoisotopic (exact) mass is 241 g/mol. The molecule has 3 heteroatoms. The summed E-state index contributed by atoms with van der Waals surface area (Å²) in [6, 6.07) is 12.1. The van der Waals surface area contributed by atoms with Crippen LogP contribution < -0.4 is 0 Å². The lowest BCUT2D eigenvalue weighted by Crippen LogP contribution is -2.09. The van der Waals surface area contributed by atoms with Crippen LogP contribution in [-0.4, -0.2) is 16.1 Å². The van der Waals surface area contributed by atoms with Gasteiger partial charge in [-0.2, -0.15) is 0 Å². The number of aliphatic carboxylic acids is 1. The van der Waals surface area contributed by atoms with Crippen LogP contribution in [0.4, 0.5) is 0 Å². The highest BCUT2D eigenvalue weighted by atomic mass is 16.4. The lowest BCUT2D eigenvalue weighted by molar-refractivity contribution is -0.141. The lowest BCUT2D eigenvalue weighted by Gasteiger charge is -2.09. The number of rotatable bonds is 2. The third kappa shape index (κ3) is 1.96. The number of carboxylic acids is 1. The van der Waals surface area contributed by atoms with Crippen molar-refractivity contribution in [1.82, 2.24) is 4.98 Å². The predicted octanol–water partition coefficient (Wildman–Crippen LogP) is 3.20. The van der Waals surface area contributed by atoms with Gasteiger partial charge in [0.05, 0.1) is 11.4 Å². The van der Waals surface area contributed by atoms with Gasteiger partial charge in [-0.1, -0.05) is 24.3 Å². The number of hydrogen-bond acceptors (Lipinski definition) is 2. The Morgan fingerprint density at radius 1 is 1.17 bits per heavy atom. The zero-order chi connectivity index (χ0) is 12.5. The number of fused-ring (bicyclic) bond motifs is 1. The first-order valence-corrected chi connectivity index (χ1v) is 6.32. The molecule has 3 rings (SSSR count). The normalized spacial score (nSPS) is 23.3. The third-order valence-electron chi connectivity index (χ3n) is 3.82. The average Bonchev–Trinajstić information content (AvgIpc) is 2.88. The van der Waals surface area contributed by atoms with Crippen LogP contribution in [0, 0.1) is 5.92 Å². The van der Waals surface area contributed by atoms with E-state index in [2.05, 4.69) is 11.1 Å². The summed E-state index contributed by atoms with van der Waals surface area (Å²) in [5, 5.41) is 10.2. The third-order valence-corrected chi connectivity index (χ3v) is 3.82. The molecule has 2 atom stereocenters. The maximum Gasteiger partial charge on any atom is 0.306 e. The summed E-state index contributed by atoms with van der Waals surface area (Å²) in [5.41, 5.74) is 2.03. The molecule has 0 spiro atoms. The molecule has 0 radical (unpaired) electrons. The quantitative estimate of drug-likeness (QED) is 0.878. The van der Waals surface area contributed by atoms with Crippen molar-refractivity contribution in [2.75, 3.05) is 0 Å². The second kappa shape index (κ2) is 4.41. The lowest BCUT2D eigenvalue weighted by atomic mass is 10.0. The molecular formula is C15H15NO2. The molecule has 2 unspecified atom stereocenters. The smallest absolute Gasteiger partial charge is 0.306 e. The van der Waals surface area contributed by atoms with Crippen LogP contribution in [-0.2, 0) is 4.79 Å². The zero-order valence-corrected chi connectivity index (χ0v) is 10.0. The van der Waals surface area contributed by atoms with Crippen LogP contribution >= 0.6 is 0 Å². The molecule has 1 fully saturated rings. The zero-order valence-electron chi connectivity index (χ0n) is 10.0. The molecule has 92 valence electrons. The topological polar surface area (TPSA) is 50.2 Å². The fourth-order valence-electron chi connectivity index (χ4n) is 2.78. The van der Waals surface area contributed by atoms with Crippen molar-refractivity contribution in [3.05, 3.63) is 42.1 Å². The molecule has 1 aromatic carbocycles. The Labute approximate surface area is 105 Å². The van der Waals surface area contributed by atoms with Crippen LogP contribution in [0.2, 0.25) is 0 Å².